The molecule has 12 rings (SSSR count). The maximum absolute atomic E-state index is 14.7. The Hall–Kier alpha value is -6.34. The van der Waals surface area contributed by atoms with Gasteiger partial charge in [0.05, 0.1) is 5.56 Å². The van der Waals surface area contributed by atoms with E-state index in [1.807, 2.05) is 30.7 Å². The lowest BCUT2D eigenvalue weighted by molar-refractivity contribution is -0.137. The largest absolute Gasteiger partial charge is 0.416 e. The molecule has 8 atom stereocenters. The summed E-state index contributed by atoms with van der Waals surface area (Å²) < 4.78 is 86.0. The van der Waals surface area contributed by atoms with E-state index >= 15 is 0 Å². The molecule has 2 saturated heterocycles. The van der Waals surface area contributed by atoms with Gasteiger partial charge in [0.1, 0.15) is 35.9 Å². The van der Waals surface area contributed by atoms with Gasteiger partial charge in [0, 0.05) is 92.3 Å². The Morgan fingerprint density at radius 1 is 0.563 bits per heavy atom. The zero-order chi connectivity index (χ0) is 49.0. The van der Waals surface area contributed by atoms with Gasteiger partial charge in [0.15, 0.2) is 17.5 Å². The summed E-state index contributed by atoms with van der Waals surface area (Å²) in [6.45, 7) is 9.01. The number of halogens is 6. The number of benzene rings is 2. The fourth-order valence-electron chi connectivity index (χ4n) is 12.3. The van der Waals surface area contributed by atoms with E-state index in [9.17, 15) is 26.3 Å². The van der Waals surface area contributed by atoms with E-state index in [4.69, 9.17) is 20.2 Å². The van der Waals surface area contributed by atoms with Crippen molar-refractivity contribution in [1.29, 1.82) is 0 Å². The molecule has 20 heteroatoms. The average molecular weight is 981 g/mol. The van der Waals surface area contributed by atoms with Gasteiger partial charge in [-0.05, 0) is 107 Å². The second-order valence-corrected chi connectivity index (χ2v) is 20.4. The number of nitrogens with zero attached hydrogens (tertiary/aromatic N) is 12. The van der Waals surface area contributed by atoms with Gasteiger partial charge >= 0.3 is 6.18 Å². The van der Waals surface area contributed by atoms with Gasteiger partial charge in [0.25, 0.3) is 0 Å². The zero-order valence-corrected chi connectivity index (χ0v) is 39.8. The van der Waals surface area contributed by atoms with Crippen LogP contribution in [0.15, 0.2) is 61.2 Å². The number of fused-ring (bicyclic) bond motifs is 6. The van der Waals surface area contributed by atoms with E-state index in [2.05, 4.69) is 40.4 Å². The van der Waals surface area contributed by atoms with Gasteiger partial charge in [-0.25, -0.2) is 42.5 Å². The molecule has 6 aliphatic rings. The van der Waals surface area contributed by atoms with Crippen LogP contribution in [0.4, 0.5) is 49.9 Å². The number of hydrogen-bond donors (Lipinski definition) is 2. The van der Waals surface area contributed by atoms with Crippen LogP contribution in [-0.4, -0.2) is 87.7 Å². The van der Waals surface area contributed by atoms with E-state index < -0.39 is 35.1 Å². The summed E-state index contributed by atoms with van der Waals surface area (Å²) in [5.41, 5.74) is 2.10. The highest BCUT2D eigenvalue weighted by atomic mass is 19.4. The molecule has 4 aromatic heterocycles. The van der Waals surface area contributed by atoms with E-state index in [1.54, 1.807) is 23.4 Å². The Bertz CT molecular complexity index is 2840. The number of anilines is 4. The van der Waals surface area contributed by atoms with Crippen molar-refractivity contribution in [3.8, 4) is 0 Å². The fraction of sp³-hybridized carbons (Fsp3) is 0.529. The number of alkyl halides is 3. The molecule has 4 bridgehead atoms. The van der Waals surface area contributed by atoms with Crippen LogP contribution >= 0.6 is 0 Å². The average Bonchev–Trinajstić information content (AvgIpc) is 3.97. The van der Waals surface area contributed by atoms with Crippen LogP contribution in [0.25, 0.3) is 0 Å². The van der Waals surface area contributed by atoms with Crippen molar-refractivity contribution in [2.45, 2.75) is 121 Å². The summed E-state index contributed by atoms with van der Waals surface area (Å²) >= 11 is 0. The predicted octanol–water partition coefficient (Wildman–Crippen LogP) is 9.47. The lowest BCUT2D eigenvalue weighted by Crippen LogP contribution is -2.48. The molecule has 2 aromatic carbocycles. The van der Waals surface area contributed by atoms with Crippen LogP contribution in [0.5, 0.6) is 0 Å². The first kappa shape index (κ1) is 47.0. The topological polar surface area (TPSA) is 144 Å². The highest BCUT2D eigenvalue weighted by Crippen LogP contribution is 2.43. The Kier molecular flexibility index (Phi) is 12.8. The van der Waals surface area contributed by atoms with Gasteiger partial charge in [0.2, 0.25) is 11.9 Å². The summed E-state index contributed by atoms with van der Waals surface area (Å²) in [6.07, 6.45) is 8.37. The molecule has 2 saturated carbocycles. The highest BCUT2D eigenvalue weighted by molar-refractivity contribution is 5.44. The van der Waals surface area contributed by atoms with Crippen molar-refractivity contribution >= 4 is 23.5 Å². The van der Waals surface area contributed by atoms with Crippen LogP contribution in [0.3, 0.4) is 0 Å². The molecule has 2 N–H and O–H groups in total. The molecule has 14 nitrogen and oxygen atoms in total. The minimum atomic E-state index is -4.36. The first-order valence-electron chi connectivity index (χ1n) is 25.1. The van der Waals surface area contributed by atoms with Crippen LogP contribution < -0.4 is 20.4 Å². The SMILES string of the molecule is Cc1cc(N2C[C@H]3CC[C@@H](C2)[C@H]3Nc2nc3n(n2)CCCCC3c2ccc(F)c(F)c2F)ncn1.Cc1cc(N2C[C@H]3CC[C@@H](C2)[C@H]3Nc2nc3n(n2)CCCC[C@@H]3c2cccc(C(F)(F)F)c2)ncn1. The quantitative estimate of drug-likeness (QED) is 0.111. The molecular formula is C51H58F6N14. The van der Waals surface area contributed by atoms with Gasteiger partial charge in [-0.1, -0.05) is 37.1 Å². The Morgan fingerprint density at radius 3 is 1.58 bits per heavy atom. The minimum absolute atomic E-state index is 0.138. The van der Waals surface area contributed by atoms with Gasteiger partial charge in [-0.15, -0.1) is 10.2 Å². The van der Waals surface area contributed by atoms with Crippen LogP contribution in [0.2, 0.25) is 0 Å². The normalized spacial score (nSPS) is 25.9. The first-order chi connectivity index (χ1) is 34.3. The fourth-order valence-corrected chi connectivity index (χ4v) is 12.3. The molecule has 8 heterocycles. The van der Waals surface area contributed by atoms with E-state index in [-0.39, 0.29) is 23.6 Å². The van der Waals surface area contributed by atoms with E-state index in [1.165, 1.54) is 18.2 Å². The maximum atomic E-state index is 14.7. The molecule has 1 unspecified atom stereocenters. The van der Waals surface area contributed by atoms with E-state index in [0.29, 0.717) is 59.9 Å². The molecule has 4 fully saturated rings. The van der Waals surface area contributed by atoms with Crippen molar-refractivity contribution < 1.29 is 26.3 Å². The molecule has 0 radical (unpaired) electrons. The van der Waals surface area contributed by atoms with Crippen molar-refractivity contribution in [3.63, 3.8) is 0 Å². The molecule has 0 amide bonds. The first-order valence-corrected chi connectivity index (χ1v) is 25.1. The number of piperidine rings is 2. The van der Waals surface area contributed by atoms with Crippen LogP contribution in [0.1, 0.15) is 116 Å². The summed E-state index contributed by atoms with van der Waals surface area (Å²) in [4.78, 5) is 31.7. The van der Waals surface area contributed by atoms with Crippen molar-refractivity contribution in [1.82, 2.24) is 49.5 Å². The summed E-state index contributed by atoms with van der Waals surface area (Å²) in [5, 5.41) is 16.7. The molecular weight excluding hydrogens is 923 g/mol. The smallest absolute Gasteiger partial charge is 0.356 e. The number of aryl methyl sites for hydroxylation is 4. The van der Waals surface area contributed by atoms with Crippen LogP contribution in [-0.2, 0) is 19.3 Å². The zero-order valence-electron chi connectivity index (χ0n) is 39.8. The third-order valence-corrected chi connectivity index (χ3v) is 15.8. The lowest BCUT2D eigenvalue weighted by atomic mass is 9.92. The number of hydrogen-bond acceptors (Lipinski definition) is 12. The predicted molar refractivity (Wildman–Crippen MR) is 254 cm³/mol. The molecule has 374 valence electrons. The van der Waals surface area contributed by atoms with E-state index in [0.717, 1.165) is 131 Å². The number of rotatable bonds is 8. The molecule has 2 aliphatic carbocycles. The maximum Gasteiger partial charge on any atom is 0.416 e. The Morgan fingerprint density at radius 2 is 1.07 bits per heavy atom. The third-order valence-electron chi connectivity index (χ3n) is 15.8. The van der Waals surface area contributed by atoms with Gasteiger partial charge in [-0.3, -0.25) is 0 Å². The van der Waals surface area contributed by atoms with Crippen molar-refractivity contribution in [2.24, 2.45) is 23.7 Å². The highest BCUT2D eigenvalue weighted by Gasteiger charge is 2.45. The summed E-state index contributed by atoms with van der Waals surface area (Å²) in [6, 6.07) is 12.6. The summed E-state index contributed by atoms with van der Waals surface area (Å²) in [5.74, 6) is 1.83. The number of aromatic nitrogens is 10. The second kappa shape index (κ2) is 19.3. The van der Waals surface area contributed by atoms with Gasteiger partial charge in [-0.2, -0.15) is 23.1 Å². The van der Waals surface area contributed by atoms with Gasteiger partial charge < -0.3 is 20.4 Å². The molecule has 6 aromatic rings. The minimum Gasteiger partial charge on any atom is -0.356 e. The molecule has 0 spiro atoms. The van der Waals surface area contributed by atoms with Crippen molar-refractivity contribution in [2.75, 3.05) is 46.6 Å². The van der Waals surface area contributed by atoms with Crippen molar-refractivity contribution in [3.05, 3.63) is 118 Å². The lowest BCUT2D eigenvalue weighted by Gasteiger charge is -2.38. The number of nitrogens with one attached hydrogen (secondary N) is 2. The molecule has 4 aliphatic heterocycles. The Balaban J connectivity index is 0.000000154. The Labute approximate surface area is 408 Å². The third kappa shape index (κ3) is 9.61. The van der Waals surface area contributed by atoms with Crippen LogP contribution in [0, 0.1) is 55.0 Å². The monoisotopic (exact) mass is 980 g/mol. The second-order valence-electron chi connectivity index (χ2n) is 20.4. The standard InChI is InChI=1S/C26H30F3N7.C25H28F3N7/c1-16-11-22(31-15-30-16)35-13-18-8-9-19(14-35)23(18)32-25-33-24-21(7-2-3-10-36(24)34-25)17-5-4-6-20(12-17)26(27,28)29;1-14-10-20(30-13-29-14)34-11-15-5-6-16(12-34)23(15)31-25-32-24-18(4-2-3-9-35(24)33-25)17-7-8-19(26)22(28)21(17)27/h4-6,11-12,15,18-19,21,23H,2-3,7-10,13-14H2,1H3,(H,32,34);7-8,10,13,15-16,18,23H,2-6,9,11-12H2,1H3,(H,31,33)/t18-,19+,21-,23+;15-,16+,18?,23+/m1./s1. The summed E-state index contributed by atoms with van der Waals surface area (Å²) in [7, 11) is 0. The molecule has 71 heavy (non-hydrogen) atoms.